The van der Waals surface area contributed by atoms with Gasteiger partial charge in [0.05, 0.1) is 4.88 Å². The fourth-order valence-corrected chi connectivity index (χ4v) is 4.24. The van der Waals surface area contributed by atoms with Crippen molar-refractivity contribution in [3.63, 3.8) is 0 Å². The molecule has 128 valence electrons. The third-order valence-electron chi connectivity index (χ3n) is 4.57. The van der Waals surface area contributed by atoms with Crippen molar-refractivity contribution in [3.05, 3.63) is 52.2 Å². The summed E-state index contributed by atoms with van der Waals surface area (Å²) < 4.78 is 5.38. The zero-order valence-electron chi connectivity index (χ0n) is 14.4. The molecule has 3 heterocycles. The number of hydrogen-bond acceptors (Lipinski definition) is 5. The molecule has 1 fully saturated rings. The lowest BCUT2D eigenvalue weighted by atomic mass is 10.0. The zero-order chi connectivity index (χ0) is 17.6. The third-order valence-corrected chi connectivity index (χ3v) is 5.43. The van der Waals surface area contributed by atoms with E-state index in [0.29, 0.717) is 24.7 Å². The fourth-order valence-electron chi connectivity index (χ4n) is 3.60. The van der Waals surface area contributed by atoms with Crippen LogP contribution >= 0.6 is 11.3 Å². The topological polar surface area (TPSA) is 59.2 Å². The number of rotatable bonds is 3. The summed E-state index contributed by atoms with van der Waals surface area (Å²) in [6, 6.07) is 8.14. The molecule has 1 unspecified atom stereocenters. The molecule has 1 aliphatic rings. The van der Waals surface area contributed by atoms with Crippen LogP contribution in [-0.4, -0.2) is 22.6 Å². The summed E-state index contributed by atoms with van der Waals surface area (Å²) in [5.74, 6) is 1.22. The van der Waals surface area contributed by atoms with E-state index in [1.165, 1.54) is 5.56 Å². The van der Waals surface area contributed by atoms with Crippen LogP contribution in [0, 0.1) is 20.8 Å². The van der Waals surface area contributed by atoms with Crippen molar-refractivity contribution in [1.82, 2.24) is 10.1 Å². The van der Waals surface area contributed by atoms with Gasteiger partial charge in [-0.05, 0) is 43.3 Å². The van der Waals surface area contributed by atoms with Gasteiger partial charge in [0.1, 0.15) is 0 Å². The van der Waals surface area contributed by atoms with E-state index >= 15 is 0 Å². The Kier molecular flexibility index (Phi) is 3.92. The summed E-state index contributed by atoms with van der Waals surface area (Å²) in [6.45, 7) is 6.77. The van der Waals surface area contributed by atoms with Crippen molar-refractivity contribution in [2.45, 2.75) is 33.1 Å². The first-order valence-electron chi connectivity index (χ1n) is 8.28. The number of aromatic nitrogens is 2. The van der Waals surface area contributed by atoms with Crippen LogP contribution in [0.5, 0.6) is 0 Å². The first kappa shape index (κ1) is 16.0. The SMILES string of the molecule is Cc1cc(C)c(N2CC(c3noc(-c4cccs4)n3)CC2=O)c(C)c1. The lowest BCUT2D eigenvalue weighted by Gasteiger charge is -2.22. The standard InChI is InChI=1S/C19H19N3O2S/c1-11-7-12(2)17(13(3)8-11)22-10-14(9-16(22)23)18-20-19(24-21-18)15-5-4-6-25-15/h4-8,14H,9-10H2,1-3H3. The second kappa shape index (κ2) is 6.11. The maximum absolute atomic E-state index is 12.6. The average Bonchev–Trinajstić information content (AvgIpc) is 3.26. The van der Waals surface area contributed by atoms with E-state index in [9.17, 15) is 4.79 Å². The number of hydrogen-bond donors (Lipinski definition) is 0. The Morgan fingerprint density at radius 1 is 1.24 bits per heavy atom. The highest BCUT2D eigenvalue weighted by atomic mass is 32.1. The monoisotopic (exact) mass is 353 g/mol. The highest BCUT2D eigenvalue weighted by Gasteiger charge is 2.35. The predicted molar refractivity (Wildman–Crippen MR) is 98.0 cm³/mol. The Balaban J connectivity index is 1.61. The van der Waals surface area contributed by atoms with Crippen molar-refractivity contribution in [3.8, 4) is 10.8 Å². The lowest BCUT2D eigenvalue weighted by molar-refractivity contribution is -0.117. The van der Waals surface area contributed by atoms with Crippen LogP contribution in [-0.2, 0) is 4.79 Å². The Bertz CT molecular complexity index is 907. The number of thiophene rings is 1. The summed E-state index contributed by atoms with van der Waals surface area (Å²) in [6.07, 6.45) is 0.413. The van der Waals surface area contributed by atoms with Gasteiger partial charge < -0.3 is 9.42 Å². The Labute approximate surface area is 150 Å². The van der Waals surface area contributed by atoms with E-state index in [4.69, 9.17) is 4.52 Å². The van der Waals surface area contributed by atoms with Crippen LogP contribution in [0.25, 0.3) is 10.8 Å². The molecule has 0 spiro atoms. The number of amides is 1. The minimum Gasteiger partial charge on any atom is -0.333 e. The zero-order valence-corrected chi connectivity index (χ0v) is 15.3. The second-order valence-corrected chi connectivity index (χ2v) is 7.54. The van der Waals surface area contributed by atoms with Gasteiger partial charge in [0.25, 0.3) is 5.89 Å². The normalized spacial score (nSPS) is 17.5. The number of benzene rings is 1. The summed E-state index contributed by atoms with van der Waals surface area (Å²) in [7, 11) is 0. The van der Waals surface area contributed by atoms with Crippen LogP contribution in [0.2, 0.25) is 0 Å². The molecule has 0 radical (unpaired) electrons. The average molecular weight is 353 g/mol. The molecule has 0 bridgehead atoms. The maximum Gasteiger partial charge on any atom is 0.267 e. The molecule has 1 aromatic carbocycles. The number of carbonyl (C=O) groups excluding carboxylic acids is 1. The molecule has 3 aromatic rings. The Morgan fingerprint density at radius 2 is 2.00 bits per heavy atom. The van der Waals surface area contributed by atoms with Gasteiger partial charge in [0.15, 0.2) is 5.82 Å². The van der Waals surface area contributed by atoms with E-state index in [1.54, 1.807) is 11.3 Å². The van der Waals surface area contributed by atoms with Crippen LogP contribution in [0.1, 0.15) is 34.9 Å². The molecule has 0 N–H and O–H groups in total. The van der Waals surface area contributed by atoms with Crippen LogP contribution in [0.3, 0.4) is 0 Å². The van der Waals surface area contributed by atoms with Crippen LogP contribution in [0.4, 0.5) is 5.69 Å². The first-order chi connectivity index (χ1) is 12.0. The van der Waals surface area contributed by atoms with E-state index in [0.717, 1.165) is 21.7 Å². The van der Waals surface area contributed by atoms with Gasteiger partial charge in [-0.25, -0.2) is 0 Å². The molecule has 1 saturated heterocycles. The van der Waals surface area contributed by atoms with Crippen molar-refractivity contribution in [2.75, 3.05) is 11.4 Å². The Hall–Kier alpha value is -2.47. The third kappa shape index (κ3) is 2.87. The van der Waals surface area contributed by atoms with Crippen molar-refractivity contribution < 1.29 is 9.32 Å². The molecule has 6 heteroatoms. The molecule has 4 rings (SSSR count). The fraction of sp³-hybridized carbons (Fsp3) is 0.316. The van der Waals surface area contributed by atoms with Gasteiger partial charge in [-0.3, -0.25) is 4.79 Å². The summed E-state index contributed by atoms with van der Waals surface area (Å²) in [5, 5.41) is 6.09. The Morgan fingerprint density at radius 3 is 2.68 bits per heavy atom. The van der Waals surface area contributed by atoms with Crippen LogP contribution in [0.15, 0.2) is 34.2 Å². The van der Waals surface area contributed by atoms with E-state index < -0.39 is 0 Å². The second-order valence-electron chi connectivity index (χ2n) is 6.59. The predicted octanol–water partition coefficient (Wildman–Crippen LogP) is 4.24. The van der Waals surface area contributed by atoms with E-state index in [2.05, 4.69) is 43.0 Å². The molecule has 1 atom stereocenters. The van der Waals surface area contributed by atoms with Gasteiger partial charge in [0.2, 0.25) is 5.91 Å². The maximum atomic E-state index is 12.6. The van der Waals surface area contributed by atoms with E-state index in [-0.39, 0.29) is 11.8 Å². The highest BCUT2D eigenvalue weighted by molar-refractivity contribution is 7.13. The van der Waals surface area contributed by atoms with Gasteiger partial charge in [-0.2, -0.15) is 4.98 Å². The van der Waals surface area contributed by atoms with Gasteiger partial charge in [0, 0.05) is 24.6 Å². The quantitative estimate of drug-likeness (QED) is 0.706. The molecule has 2 aromatic heterocycles. The van der Waals surface area contributed by atoms with Crippen molar-refractivity contribution in [2.24, 2.45) is 0 Å². The molecular weight excluding hydrogens is 334 g/mol. The van der Waals surface area contributed by atoms with Gasteiger partial charge >= 0.3 is 0 Å². The molecule has 0 aliphatic carbocycles. The van der Waals surface area contributed by atoms with Gasteiger partial charge in [-0.15, -0.1) is 11.3 Å². The molecule has 1 amide bonds. The number of anilines is 1. The lowest BCUT2D eigenvalue weighted by Crippen LogP contribution is -2.26. The number of nitrogens with zero attached hydrogens (tertiary/aromatic N) is 3. The minimum atomic E-state index is -0.0370. The number of carbonyl (C=O) groups is 1. The number of aryl methyl sites for hydroxylation is 3. The largest absolute Gasteiger partial charge is 0.333 e. The van der Waals surface area contributed by atoms with E-state index in [1.807, 2.05) is 22.4 Å². The molecule has 1 aliphatic heterocycles. The van der Waals surface area contributed by atoms with Gasteiger partial charge in [-0.1, -0.05) is 28.9 Å². The molecule has 0 saturated carbocycles. The summed E-state index contributed by atoms with van der Waals surface area (Å²) in [5.41, 5.74) is 4.47. The molecule has 25 heavy (non-hydrogen) atoms. The van der Waals surface area contributed by atoms with Crippen molar-refractivity contribution in [1.29, 1.82) is 0 Å². The first-order valence-corrected chi connectivity index (χ1v) is 9.16. The smallest absolute Gasteiger partial charge is 0.267 e. The summed E-state index contributed by atoms with van der Waals surface area (Å²) in [4.78, 5) is 20.0. The van der Waals surface area contributed by atoms with Crippen LogP contribution < -0.4 is 4.90 Å². The van der Waals surface area contributed by atoms with Crippen molar-refractivity contribution >= 4 is 22.9 Å². The summed E-state index contributed by atoms with van der Waals surface area (Å²) >= 11 is 1.56. The molecular formula is C19H19N3O2S. The minimum absolute atomic E-state index is 0.0370. The molecule has 5 nitrogen and oxygen atoms in total. The highest BCUT2D eigenvalue weighted by Crippen LogP contribution is 2.35.